The van der Waals surface area contributed by atoms with Crippen LogP contribution in [0.25, 0.3) is 0 Å². The monoisotopic (exact) mass is 344 g/mol. The fourth-order valence-corrected chi connectivity index (χ4v) is 7.84. The molecule has 2 rings (SSSR count). The lowest BCUT2D eigenvalue weighted by atomic mass is 10.2. The SMILES string of the molecule is CC(=O)CS1(OS(=O)(=O)c2ccc(C)cc2)CCC(=O)CC1. The highest BCUT2D eigenvalue weighted by Gasteiger charge is 2.37. The zero-order valence-electron chi connectivity index (χ0n) is 12.7. The average molecular weight is 344 g/mol. The predicted octanol–water partition coefficient (Wildman–Crippen LogP) is 2.37. The van der Waals surface area contributed by atoms with E-state index in [1.54, 1.807) is 12.1 Å². The number of ketones is 2. The number of carbonyl (C=O) groups is 2. The van der Waals surface area contributed by atoms with Gasteiger partial charge in [0.2, 0.25) is 0 Å². The average Bonchev–Trinajstić information content (AvgIpc) is 2.41. The summed E-state index contributed by atoms with van der Waals surface area (Å²) in [5.41, 5.74) is 0.952. The molecule has 0 radical (unpaired) electrons. The number of hydrogen-bond donors (Lipinski definition) is 0. The summed E-state index contributed by atoms with van der Waals surface area (Å²) in [7, 11) is -6.03. The van der Waals surface area contributed by atoms with Gasteiger partial charge in [0.15, 0.2) is 0 Å². The van der Waals surface area contributed by atoms with Crippen molar-refractivity contribution in [2.45, 2.75) is 31.6 Å². The fraction of sp³-hybridized carbons (Fsp3) is 0.467. The standard InChI is InChI=1S/C15H20O5S2/c1-12-3-5-15(6-4-12)22(18,19)20-21(11-13(2)16)9-7-14(17)8-10-21/h3-6H,7-11H2,1-2H3. The van der Waals surface area contributed by atoms with Crippen LogP contribution in [0.3, 0.4) is 0 Å². The van der Waals surface area contributed by atoms with Gasteiger partial charge >= 0.3 is 10.1 Å². The summed E-state index contributed by atoms with van der Waals surface area (Å²) in [5.74, 6) is 0.768. The zero-order valence-corrected chi connectivity index (χ0v) is 14.3. The van der Waals surface area contributed by atoms with Crippen LogP contribution in [0.5, 0.6) is 0 Å². The van der Waals surface area contributed by atoms with Crippen LogP contribution in [0.1, 0.15) is 25.3 Å². The van der Waals surface area contributed by atoms with Crippen LogP contribution in [0.15, 0.2) is 29.2 Å². The molecular weight excluding hydrogens is 324 g/mol. The van der Waals surface area contributed by atoms with Crippen molar-refractivity contribution in [2.24, 2.45) is 0 Å². The van der Waals surface area contributed by atoms with Crippen molar-refractivity contribution >= 4 is 32.0 Å². The molecule has 0 N–H and O–H groups in total. The van der Waals surface area contributed by atoms with Crippen molar-refractivity contribution in [3.05, 3.63) is 29.8 Å². The number of aryl methyl sites for hydroxylation is 1. The molecule has 0 aromatic heterocycles. The Hall–Kier alpha value is -1.18. The Balaban J connectivity index is 2.27. The minimum absolute atomic E-state index is 0.0884. The van der Waals surface area contributed by atoms with Gasteiger partial charge in [0, 0.05) is 24.3 Å². The molecule has 0 aliphatic carbocycles. The molecule has 1 aromatic rings. The molecule has 1 heterocycles. The number of Topliss-reactive ketones (excluding diaryl/α,β-unsaturated/α-hetero) is 2. The van der Waals surface area contributed by atoms with E-state index in [2.05, 4.69) is 0 Å². The molecule has 1 saturated heterocycles. The Labute approximate surface area is 132 Å². The highest BCUT2D eigenvalue weighted by Crippen LogP contribution is 2.54. The Kier molecular flexibility index (Phi) is 5.09. The first-order valence-corrected chi connectivity index (χ1v) is 10.5. The zero-order chi connectivity index (χ0) is 16.4. The van der Waals surface area contributed by atoms with Crippen LogP contribution in [-0.4, -0.2) is 37.2 Å². The van der Waals surface area contributed by atoms with Gasteiger partial charge in [-0.25, -0.2) is 3.63 Å². The first-order valence-electron chi connectivity index (χ1n) is 7.03. The second-order valence-electron chi connectivity index (χ2n) is 5.59. The lowest BCUT2D eigenvalue weighted by Gasteiger charge is -2.40. The largest absolute Gasteiger partial charge is 0.306 e. The third kappa shape index (κ3) is 4.18. The Bertz CT molecular complexity index is 666. The van der Waals surface area contributed by atoms with E-state index in [-0.39, 0.29) is 35.1 Å². The van der Waals surface area contributed by atoms with E-state index in [1.807, 2.05) is 6.92 Å². The molecule has 22 heavy (non-hydrogen) atoms. The van der Waals surface area contributed by atoms with Crippen molar-refractivity contribution < 1.29 is 21.6 Å². The van der Waals surface area contributed by atoms with Gasteiger partial charge in [0.05, 0.1) is 10.6 Å². The first-order chi connectivity index (χ1) is 10.2. The van der Waals surface area contributed by atoms with Gasteiger partial charge in [-0.05, 0) is 26.0 Å². The quantitative estimate of drug-likeness (QED) is 0.819. The number of benzene rings is 1. The summed E-state index contributed by atoms with van der Waals surface area (Å²) in [6, 6.07) is 6.40. The molecule has 0 saturated carbocycles. The van der Waals surface area contributed by atoms with E-state index >= 15 is 0 Å². The number of hydrogen-bond acceptors (Lipinski definition) is 5. The molecule has 0 atom stereocenters. The lowest BCUT2D eigenvalue weighted by Crippen LogP contribution is -2.29. The van der Waals surface area contributed by atoms with E-state index in [0.717, 1.165) is 5.56 Å². The van der Waals surface area contributed by atoms with Gasteiger partial charge < -0.3 is 0 Å². The maximum atomic E-state index is 12.5. The second kappa shape index (κ2) is 6.52. The number of carbonyl (C=O) groups excluding carboxylic acids is 2. The summed E-state index contributed by atoms with van der Waals surface area (Å²) in [4.78, 5) is 23.0. The molecule has 0 bridgehead atoms. The molecular formula is C15H20O5S2. The maximum Gasteiger partial charge on any atom is 0.306 e. The molecule has 7 heteroatoms. The molecule has 1 aliphatic rings. The van der Waals surface area contributed by atoms with E-state index in [4.69, 9.17) is 3.63 Å². The lowest BCUT2D eigenvalue weighted by molar-refractivity contribution is -0.118. The van der Waals surface area contributed by atoms with Crippen molar-refractivity contribution in [1.29, 1.82) is 0 Å². The van der Waals surface area contributed by atoms with Crippen LogP contribution in [0.2, 0.25) is 0 Å². The Morgan fingerprint density at radius 2 is 1.73 bits per heavy atom. The summed E-state index contributed by atoms with van der Waals surface area (Å²) in [6.45, 7) is 3.29. The first kappa shape index (κ1) is 17.2. The van der Waals surface area contributed by atoms with Crippen LogP contribution >= 0.6 is 10.3 Å². The predicted molar refractivity (Wildman–Crippen MR) is 86.6 cm³/mol. The maximum absolute atomic E-state index is 12.5. The van der Waals surface area contributed by atoms with E-state index in [9.17, 15) is 18.0 Å². The smallest absolute Gasteiger partial charge is 0.300 e. The summed E-state index contributed by atoms with van der Waals surface area (Å²) >= 11 is 0. The van der Waals surface area contributed by atoms with Crippen LogP contribution in [0.4, 0.5) is 0 Å². The van der Waals surface area contributed by atoms with Crippen molar-refractivity contribution in [1.82, 2.24) is 0 Å². The molecule has 0 amide bonds. The van der Waals surface area contributed by atoms with Gasteiger partial charge in [-0.1, -0.05) is 17.7 Å². The van der Waals surface area contributed by atoms with Crippen molar-refractivity contribution in [3.8, 4) is 0 Å². The van der Waals surface area contributed by atoms with E-state index < -0.39 is 20.4 Å². The van der Waals surface area contributed by atoms with Gasteiger partial charge in [-0.2, -0.15) is 8.42 Å². The molecule has 0 spiro atoms. The van der Waals surface area contributed by atoms with E-state index in [1.165, 1.54) is 19.1 Å². The van der Waals surface area contributed by atoms with Crippen molar-refractivity contribution in [3.63, 3.8) is 0 Å². The van der Waals surface area contributed by atoms with Crippen molar-refractivity contribution in [2.75, 3.05) is 17.3 Å². The van der Waals surface area contributed by atoms with Crippen LogP contribution in [-0.2, 0) is 23.3 Å². The number of rotatable bonds is 5. The van der Waals surface area contributed by atoms with Gasteiger partial charge in [0.25, 0.3) is 0 Å². The summed E-state index contributed by atoms with van der Waals surface area (Å²) < 4.78 is 30.5. The third-order valence-electron chi connectivity index (χ3n) is 3.52. The normalized spacial score (nSPS) is 19.6. The minimum Gasteiger partial charge on any atom is -0.300 e. The Morgan fingerprint density at radius 1 is 1.18 bits per heavy atom. The third-order valence-corrected chi connectivity index (χ3v) is 9.07. The molecule has 1 aromatic carbocycles. The van der Waals surface area contributed by atoms with Crippen LogP contribution < -0.4 is 0 Å². The minimum atomic E-state index is -3.92. The molecule has 1 aliphatic heterocycles. The highest BCUT2D eigenvalue weighted by atomic mass is 32.3. The Morgan fingerprint density at radius 3 is 2.23 bits per heavy atom. The van der Waals surface area contributed by atoms with Gasteiger partial charge in [0.1, 0.15) is 11.6 Å². The summed E-state index contributed by atoms with van der Waals surface area (Å²) in [6.07, 6.45) is 0.568. The topological polar surface area (TPSA) is 77.5 Å². The van der Waals surface area contributed by atoms with E-state index in [0.29, 0.717) is 11.5 Å². The summed E-state index contributed by atoms with van der Waals surface area (Å²) in [5, 5.41) is 0. The van der Waals surface area contributed by atoms with Crippen LogP contribution in [0, 0.1) is 6.92 Å². The van der Waals surface area contributed by atoms with Gasteiger partial charge in [-0.3, -0.25) is 9.59 Å². The van der Waals surface area contributed by atoms with Gasteiger partial charge in [-0.15, -0.1) is 10.3 Å². The molecule has 122 valence electrons. The molecule has 1 fully saturated rings. The fourth-order valence-electron chi connectivity index (χ4n) is 2.37. The second-order valence-corrected chi connectivity index (χ2v) is 10.6. The molecule has 5 nitrogen and oxygen atoms in total. The highest BCUT2D eigenvalue weighted by molar-refractivity contribution is 8.33. The molecule has 0 unspecified atom stereocenters.